The fourth-order valence-corrected chi connectivity index (χ4v) is 2.39. The van der Waals surface area contributed by atoms with Gasteiger partial charge in [-0.2, -0.15) is 0 Å². The van der Waals surface area contributed by atoms with Crippen molar-refractivity contribution in [1.82, 2.24) is 0 Å². The molecule has 1 rings (SSSR count). The summed E-state index contributed by atoms with van der Waals surface area (Å²) in [6.07, 6.45) is 9.46. The Kier molecular flexibility index (Phi) is 8.17. The Hall–Kier alpha value is -0.490. The highest BCUT2D eigenvalue weighted by molar-refractivity contribution is 6.18. The third-order valence-electron chi connectivity index (χ3n) is 3.60. The highest BCUT2D eigenvalue weighted by Gasteiger charge is 2.03. The summed E-state index contributed by atoms with van der Waals surface area (Å²) < 4.78 is 0. The van der Waals surface area contributed by atoms with E-state index < -0.39 is 0 Å². The summed E-state index contributed by atoms with van der Waals surface area (Å²) in [5.41, 5.74) is 2.83. The minimum Gasteiger partial charge on any atom is -0.126 e. The van der Waals surface area contributed by atoms with E-state index in [0.29, 0.717) is 11.8 Å². The molecule has 1 aromatic carbocycles. The van der Waals surface area contributed by atoms with Crippen molar-refractivity contribution in [3.63, 3.8) is 0 Å². The van der Waals surface area contributed by atoms with Crippen molar-refractivity contribution in [3.8, 4) is 0 Å². The molecule has 0 aliphatic rings. The SMILES string of the molecule is CCCCCCCCc1ccc(C(C)CCl)cc1. The molecular formula is C17H27Cl. The first kappa shape index (κ1) is 15.6. The number of aryl methyl sites for hydroxylation is 1. The van der Waals surface area contributed by atoms with Gasteiger partial charge in [0.25, 0.3) is 0 Å². The van der Waals surface area contributed by atoms with Crippen LogP contribution in [0.15, 0.2) is 24.3 Å². The number of halogens is 1. The summed E-state index contributed by atoms with van der Waals surface area (Å²) in [5.74, 6) is 1.17. The highest BCUT2D eigenvalue weighted by atomic mass is 35.5. The van der Waals surface area contributed by atoms with Crippen molar-refractivity contribution in [3.05, 3.63) is 35.4 Å². The van der Waals surface area contributed by atoms with Crippen molar-refractivity contribution < 1.29 is 0 Å². The van der Waals surface area contributed by atoms with Gasteiger partial charge in [-0.25, -0.2) is 0 Å². The van der Waals surface area contributed by atoms with Crippen molar-refractivity contribution in [2.45, 2.75) is 64.7 Å². The lowest BCUT2D eigenvalue weighted by molar-refractivity contribution is 0.607. The van der Waals surface area contributed by atoms with E-state index in [1.54, 1.807) is 0 Å². The third kappa shape index (κ3) is 5.91. The molecule has 1 aromatic rings. The maximum absolute atomic E-state index is 5.87. The second-order valence-electron chi connectivity index (χ2n) is 5.31. The van der Waals surface area contributed by atoms with E-state index in [0.717, 1.165) is 0 Å². The molecule has 18 heavy (non-hydrogen) atoms. The fourth-order valence-electron chi connectivity index (χ4n) is 2.21. The van der Waals surface area contributed by atoms with Crippen LogP contribution in [0.5, 0.6) is 0 Å². The summed E-state index contributed by atoms with van der Waals surface area (Å²) >= 11 is 5.87. The maximum Gasteiger partial charge on any atom is 0.0289 e. The van der Waals surface area contributed by atoms with E-state index in [4.69, 9.17) is 11.6 Å². The molecule has 0 aliphatic carbocycles. The minimum absolute atomic E-state index is 0.467. The molecule has 0 nitrogen and oxygen atoms in total. The molecule has 1 unspecified atom stereocenters. The first-order chi connectivity index (χ1) is 8.77. The van der Waals surface area contributed by atoms with E-state index in [2.05, 4.69) is 38.1 Å². The predicted octanol–water partition coefficient (Wildman–Crippen LogP) is 5.93. The van der Waals surface area contributed by atoms with Crippen LogP contribution >= 0.6 is 11.6 Å². The Balaban J connectivity index is 2.22. The van der Waals surface area contributed by atoms with Gasteiger partial charge in [0, 0.05) is 5.88 Å². The Morgan fingerprint density at radius 2 is 1.56 bits per heavy atom. The molecule has 0 saturated carbocycles. The molecule has 1 atom stereocenters. The van der Waals surface area contributed by atoms with E-state index in [9.17, 15) is 0 Å². The van der Waals surface area contributed by atoms with Crippen molar-refractivity contribution >= 4 is 11.6 Å². The Bertz CT molecular complexity index is 302. The lowest BCUT2D eigenvalue weighted by atomic mass is 9.99. The van der Waals surface area contributed by atoms with Gasteiger partial charge in [-0.05, 0) is 29.9 Å². The van der Waals surface area contributed by atoms with Crippen molar-refractivity contribution in [1.29, 1.82) is 0 Å². The predicted molar refractivity (Wildman–Crippen MR) is 82.7 cm³/mol. The molecular weight excluding hydrogens is 240 g/mol. The second kappa shape index (κ2) is 9.44. The third-order valence-corrected chi connectivity index (χ3v) is 4.06. The molecule has 0 fully saturated rings. The zero-order chi connectivity index (χ0) is 13.2. The number of alkyl halides is 1. The van der Waals surface area contributed by atoms with Crippen LogP contribution in [-0.2, 0) is 6.42 Å². The molecule has 0 saturated heterocycles. The monoisotopic (exact) mass is 266 g/mol. The average molecular weight is 267 g/mol. The van der Waals surface area contributed by atoms with Crippen LogP contribution in [0.25, 0.3) is 0 Å². The molecule has 1 heteroatoms. The summed E-state index contributed by atoms with van der Waals surface area (Å²) in [7, 11) is 0. The Morgan fingerprint density at radius 1 is 0.944 bits per heavy atom. The Morgan fingerprint density at radius 3 is 2.17 bits per heavy atom. The van der Waals surface area contributed by atoms with E-state index >= 15 is 0 Å². The van der Waals surface area contributed by atoms with E-state index in [-0.39, 0.29) is 0 Å². The summed E-state index contributed by atoms with van der Waals surface area (Å²) in [5, 5.41) is 0. The van der Waals surface area contributed by atoms with Crippen LogP contribution in [0.4, 0.5) is 0 Å². The topological polar surface area (TPSA) is 0 Å². The van der Waals surface area contributed by atoms with Gasteiger partial charge in [0.1, 0.15) is 0 Å². The first-order valence-corrected chi connectivity index (χ1v) is 7.96. The molecule has 0 heterocycles. The zero-order valence-electron chi connectivity index (χ0n) is 11.9. The summed E-state index contributed by atoms with van der Waals surface area (Å²) in [6, 6.07) is 9.01. The van der Waals surface area contributed by atoms with Gasteiger partial charge >= 0.3 is 0 Å². The van der Waals surface area contributed by atoms with Crippen LogP contribution in [0, 0.1) is 0 Å². The fraction of sp³-hybridized carbons (Fsp3) is 0.647. The van der Waals surface area contributed by atoms with E-state index in [1.165, 1.54) is 56.1 Å². The van der Waals surface area contributed by atoms with Crippen LogP contribution in [0.2, 0.25) is 0 Å². The molecule has 0 amide bonds. The smallest absolute Gasteiger partial charge is 0.0289 e. The highest BCUT2D eigenvalue weighted by Crippen LogP contribution is 2.18. The normalized spacial score (nSPS) is 12.6. The molecule has 0 radical (unpaired) electrons. The number of hydrogen-bond donors (Lipinski definition) is 0. The quantitative estimate of drug-likeness (QED) is 0.384. The molecule has 0 aliphatic heterocycles. The standard InChI is InChI=1S/C17H27Cl/c1-3-4-5-6-7-8-9-16-10-12-17(13-11-16)15(2)14-18/h10-13,15H,3-9,14H2,1-2H3. The van der Waals surface area contributed by atoms with Crippen molar-refractivity contribution in [2.75, 3.05) is 5.88 Å². The van der Waals surface area contributed by atoms with Gasteiger partial charge in [-0.3, -0.25) is 0 Å². The molecule has 0 N–H and O–H groups in total. The van der Waals surface area contributed by atoms with Crippen LogP contribution < -0.4 is 0 Å². The molecule has 0 aromatic heterocycles. The largest absolute Gasteiger partial charge is 0.126 e. The molecule has 102 valence electrons. The first-order valence-electron chi connectivity index (χ1n) is 7.42. The maximum atomic E-state index is 5.87. The number of hydrogen-bond acceptors (Lipinski definition) is 0. The summed E-state index contributed by atoms with van der Waals surface area (Å²) in [6.45, 7) is 4.44. The lowest BCUT2D eigenvalue weighted by Gasteiger charge is -2.08. The van der Waals surface area contributed by atoms with Gasteiger partial charge in [-0.1, -0.05) is 70.2 Å². The molecule has 0 bridgehead atoms. The Labute approximate surface area is 118 Å². The second-order valence-corrected chi connectivity index (χ2v) is 5.62. The molecule has 0 spiro atoms. The zero-order valence-corrected chi connectivity index (χ0v) is 12.7. The van der Waals surface area contributed by atoms with Gasteiger partial charge in [0.15, 0.2) is 0 Å². The lowest BCUT2D eigenvalue weighted by Crippen LogP contribution is -1.95. The minimum atomic E-state index is 0.467. The van der Waals surface area contributed by atoms with Gasteiger partial charge in [-0.15, -0.1) is 11.6 Å². The van der Waals surface area contributed by atoms with Crippen LogP contribution in [-0.4, -0.2) is 5.88 Å². The average Bonchev–Trinajstić information content (AvgIpc) is 2.42. The van der Waals surface area contributed by atoms with Crippen LogP contribution in [0.1, 0.15) is 69.4 Å². The number of rotatable bonds is 9. The van der Waals surface area contributed by atoms with Gasteiger partial charge in [0.05, 0.1) is 0 Å². The van der Waals surface area contributed by atoms with E-state index in [1.807, 2.05) is 0 Å². The van der Waals surface area contributed by atoms with Crippen molar-refractivity contribution in [2.24, 2.45) is 0 Å². The van der Waals surface area contributed by atoms with Gasteiger partial charge < -0.3 is 0 Å². The van der Waals surface area contributed by atoms with Gasteiger partial charge in [0.2, 0.25) is 0 Å². The number of unbranched alkanes of at least 4 members (excludes halogenated alkanes) is 5. The summed E-state index contributed by atoms with van der Waals surface area (Å²) in [4.78, 5) is 0. The number of benzene rings is 1. The van der Waals surface area contributed by atoms with Crippen LogP contribution in [0.3, 0.4) is 0 Å².